The predicted octanol–water partition coefficient (Wildman–Crippen LogP) is 3.23. The number of sulfonamides is 1. The molecule has 220 valence electrons. The molecule has 0 atom stereocenters. The second-order valence-corrected chi connectivity index (χ2v) is 11.0. The lowest BCUT2D eigenvalue weighted by Crippen LogP contribution is -2.34. The van der Waals surface area contributed by atoms with Gasteiger partial charge in [-0.15, -0.1) is 0 Å². The summed E-state index contributed by atoms with van der Waals surface area (Å²) in [6.45, 7) is 8.05. The molecule has 0 aliphatic heterocycles. The van der Waals surface area contributed by atoms with Gasteiger partial charge in [0.25, 0.3) is 0 Å². The highest BCUT2D eigenvalue weighted by atomic mass is 32.2. The first-order valence-corrected chi connectivity index (χ1v) is 14.2. The van der Waals surface area contributed by atoms with Gasteiger partial charge >= 0.3 is 6.09 Å². The number of nitrogens with two attached hydrogens (primary N) is 1. The number of anilines is 1. The van der Waals surface area contributed by atoms with Crippen LogP contribution in [0.3, 0.4) is 0 Å². The molecule has 5 N–H and O–H groups in total. The topological polar surface area (TPSA) is 183 Å². The fourth-order valence-corrected chi connectivity index (χ4v) is 3.51. The number of alkyl carbamates (subject to hydrolysis) is 1. The van der Waals surface area contributed by atoms with Crippen LogP contribution in [0.25, 0.3) is 0 Å². The number of amides is 2. The number of carbonyl (C=O) groups excluding carboxylic acids is 2. The molecular weight excluding hydrogens is 540 g/mol. The van der Waals surface area contributed by atoms with E-state index in [4.69, 9.17) is 19.3 Å². The largest absolute Gasteiger partial charge is 0.444 e. The Morgan fingerprint density at radius 1 is 0.800 bits per heavy atom. The van der Waals surface area contributed by atoms with E-state index < -0.39 is 21.7 Å². The number of nitrogens with zero attached hydrogens (tertiary/aromatic N) is 2. The molecule has 13 nitrogen and oxygen atoms in total. The summed E-state index contributed by atoms with van der Waals surface area (Å²) in [5, 5.41) is 21.8. The van der Waals surface area contributed by atoms with Gasteiger partial charge in [0.1, 0.15) is 5.60 Å². The average molecular weight is 579 g/mol. The number of benzene rings is 2. The summed E-state index contributed by atoms with van der Waals surface area (Å²) in [7, 11) is -3.75. The molecule has 0 heterocycles. The molecule has 0 aromatic heterocycles. The Balaban J connectivity index is 1.50. The molecule has 0 spiro atoms. The number of carbonyl (C=O) groups is 2. The smallest absolute Gasteiger partial charge is 0.407 e. The molecule has 0 bridgehead atoms. The lowest BCUT2D eigenvalue weighted by Gasteiger charge is -2.19. The molecule has 0 saturated heterocycles. The maximum Gasteiger partial charge on any atom is 0.407 e. The second-order valence-electron chi connectivity index (χ2n) is 9.47. The summed E-state index contributed by atoms with van der Waals surface area (Å²) in [5.41, 5.74) is 1.39. The zero-order valence-electron chi connectivity index (χ0n) is 23.0. The Kier molecular flexibility index (Phi) is 13.5. The Labute approximate surface area is 234 Å². The van der Waals surface area contributed by atoms with E-state index in [9.17, 15) is 18.0 Å². The van der Waals surface area contributed by atoms with Gasteiger partial charge in [-0.3, -0.25) is 4.79 Å². The average Bonchev–Trinajstić information content (AvgIpc) is 2.88. The highest BCUT2D eigenvalue weighted by molar-refractivity contribution is 7.89. The lowest BCUT2D eigenvalue weighted by molar-refractivity contribution is -0.121. The Morgan fingerprint density at radius 2 is 1.32 bits per heavy atom. The van der Waals surface area contributed by atoms with E-state index in [0.717, 1.165) is 5.69 Å². The number of rotatable bonds is 16. The van der Waals surface area contributed by atoms with Crippen molar-refractivity contribution >= 4 is 39.1 Å². The fraction of sp³-hybridized carbons (Fsp3) is 0.462. The minimum absolute atomic E-state index is 0.00801. The first-order valence-electron chi connectivity index (χ1n) is 12.7. The van der Waals surface area contributed by atoms with E-state index in [0.29, 0.717) is 63.9 Å². The predicted molar refractivity (Wildman–Crippen MR) is 150 cm³/mol. The number of primary sulfonamides is 1. The van der Waals surface area contributed by atoms with Gasteiger partial charge in [0.2, 0.25) is 15.9 Å². The minimum atomic E-state index is -3.75. The first-order chi connectivity index (χ1) is 18.9. The highest BCUT2D eigenvalue weighted by Crippen LogP contribution is 2.21. The third-order valence-electron chi connectivity index (χ3n) is 4.85. The second kappa shape index (κ2) is 16.5. The van der Waals surface area contributed by atoms with Crippen LogP contribution in [0.1, 0.15) is 27.2 Å². The van der Waals surface area contributed by atoms with Crippen molar-refractivity contribution in [1.82, 2.24) is 10.6 Å². The van der Waals surface area contributed by atoms with Gasteiger partial charge in [-0.05, 0) is 69.3 Å². The molecule has 0 saturated carbocycles. The van der Waals surface area contributed by atoms with Crippen molar-refractivity contribution in [3.63, 3.8) is 0 Å². The Morgan fingerprint density at radius 3 is 1.85 bits per heavy atom. The quantitative estimate of drug-likeness (QED) is 0.173. The van der Waals surface area contributed by atoms with Crippen molar-refractivity contribution in [1.29, 1.82) is 0 Å². The van der Waals surface area contributed by atoms with Crippen molar-refractivity contribution < 1.29 is 32.2 Å². The van der Waals surface area contributed by atoms with E-state index in [1.807, 2.05) is 12.1 Å². The summed E-state index contributed by atoms with van der Waals surface area (Å²) in [6, 6.07) is 12.9. The van der Waals surface area contributed by atoms with Gasteiger partial charge < -0.3 is 30.2 Å². The molecule has 0 radical (unpaired) electrons. The van der Waals surface area contributed by atoms with Gasteiger partial charge in [-0.1, -0.05) is 0 Å². The molecule has 40 heavy (non-hydrogen) atoms. The summed E-state index contributed by atoms with van der Waals surface area (Å²) in [5.74, 6) is -0.0977. The van der Waals surface area contributed by atoms with E-state index in [1.54, 1.807) is 32.9 Å². The zero-order chi connectivity index (χ0) is 29.4. The number of nitrogens with one attached hydrogen (secondary N) is 3. The number of hydrogen-bond donors (Lipinski definition) is 4. The number of hydrogen-bond acceptors (Lipinski definition) is 10. The maximum absolute atomic E-state index is 12.0. The third kappa shape index (κ3) is 14.5. The molecule has 0 fully saturated rings. The summed E-state index contributed by atoms with van der Waals surface area (Å²) in [6.07, 6.45) is -0.186. The van der Waals surface area contributed by atoms with Crippen LogP contribution >= 0.6 is 0 Å². The van der Waals surface area contributed by atoms with Crippen LogP contribution < -0.4 is 21.1 Å². The molecule has 2 aromatic rings. The Hall–Kier alpha value is -3.59. The SMILES string of the molecule is CC(C)(C)OC(=O)NCCOCCOCCNC(=O)CCNc1ccc(N=Nc2ccc(S(N)(=O)=O)cc2)cc1. The normalized spacial score (nSPS) is 11.8. The van der Waals surface area contributed by atoms with Gasteiger partial charge in [0.15, 0.2) is 0 Å². The van der Waals surface area contributed by atoms with E-state index in [2.05, 4.69) is 26.2 Å². The van der Waals surface area contributed by atoms with Crippen LogP contribution in [0, 0.1) is 0 Å². The van der Waals surface area contributed by atoms with Crippen LogP contribution in [0.15, 0.2) is 63.7 Å². The highest BCUT2D eigenvalue weighted by Gasteiger charge is 2.15. The maximum atomic E-state index is 12.0. The van der Waals surface area contributed by atoms with Crippen LogP contribution in [-0.2, 0) is 29.0 Å². The van der Waals surface area contributed by atoms with Crippen molar-refractivity contribution in [2.24, 2.45) is 15.4 Å². The fourth-order valence-electron chi connectivity index (χ4n) is 3.00. The lowest BCUT2D eigenvalue weighted by atomic mass is 10.2. The zero-order valence-corrected chi connectivity index (χ0v) is 23.8. The molecule has 2 rings (SSSR count). The van der Waals surface area contributed by atoms with Crippen molar-refractivity contribution in [3.05, 3.63) is 48.5 Å². The monoisotopic (exact) mass is 578 g/mol. The van der Waals surface area contributed by atoms with Gasteiger partial charge in [0.05, 0.1) is 42.7 Å². The summed E-state index contributed by atoms with van der Waals surface area (Å²) < 4.78 is 38.5. The van der Waals surface area contributed by atoms with E-state index >= 15 is 0 Å². The molecular formula is C26H38N6O7S. The molecule has 2 aromatic carbocycles. The third-order valence-corrected chi connectivity index (χ3v) is 5.78. The molecule has 2 amide bonds. The molecule has 0 unspecified atom stereocenters. The number of azo groups is 1. The van der Waals surface area contributed by atoms with Crippen LogP contribution in [0.5, 0.6) is 0 Å². The van der Waals surface area contributed by atoms with Crippen molar-refractivity contribution in [3.8, 4) is 0 Å². The molecule has 0 aliphatic rings. The van der Waals surface area contributed by atoms with Crippen LogP contribution in [-0.4, -0.2) is 72.1 Å². The minimum Gasteiger partial charge on any atom is -0.444 e. The standard InChI is InChI=1S/C26H38N6O7S/c1-26(2,3)39-25(34)30-15-17-38-19-18-37-16-14-29-24(33)12-13-28-20-4-6-21(7-5-20)31-32-22-8-10-23(11-9-22)40(27,35)36/h4-11,28H,12-19H2,1-3H3,(H,29,33)(H,30,34)(H2,27,35,36). The van der Waals surface area contributed by atoms with Crippen molar-refractivity contribution in [2.75, 3.05) is 51.4 Å². The molecule has 0 aliphatic carbocycles. The van der Waals surface area contributed by atoms with Crippen LogP contribution in [0.4, 0.5) is 21.9 Å². The van der Waals surface area contributed by atoms with Gasteiger partial charge in [-0.2, -0.15) is 10.2 Å². The summed E-state index contributed by atoms with van der Waals surface area (Å²) in [4.78, 5) is 23.5. The van der Waals surface area contributed by atoms with Gasteiger partial charge in [-0.25, -0.2) is 18.4 Å². The van der Waals surface area contributed by atoms with Crippen molar-refractivity contribution in [2.45, 2.75) is 37.7 Å². The Bertz CT molecular complexity index is 1200. The van der Waals surface area contributed by atoms with Crippen LogP contribution in [0.2, 0.25) is 0 Å². The number of ether oxygens (including phenoxy) is 3. The van der Waals surface area contributed by atoms with E-state index in [-0.39, 0.29) is 10.8 Å². The van der Waals surface area contributed by atoms with E-state index in [1.165, 1.54) is 24.3 Å². The molecule has 14 heteroatoms. The van der Waals surface area contributed by atoms with Gasteiger partial charge in [0, 0.05) is 31.7 Å². The summed E-state index contributed by atoms with van der Waals surface area (Å²) >= 11 is 0. The first kappa shape index (κ1) is 32.6.